The van der Waals surface area contributed by atoms with Crippen LogP contribution in [0.2, 0.25) is 0 Å². The van der Waals surface area contributed by atoms with Gasteiger partial charge in [-0.1, -0.05) is 0 Å². The molecule has 0 unspecified atom stereocenters. The fraction of sp³-hybridized carbons (Fsp3) is 0.867. The summed E-state index contributed by atoms with van der Waals surface area (Å²) in [6.07, 6.45) is 1.64. The van der Waals surface area contributed by atoms with Crippen molar-refractivity contribution in [2.45, 2.75) is 79.6 Å². The molecular weight excluding hydrogens is 287 g/mol. The lowest BCUT2D eigenvalue weighted by Crippen LogP contribution is -2.48. The molecule has 126 valence electrons. The molecule has 0 heterocycles. The molecule has 0 rings (SSSR count). The molecule has 0 amide bonds. The quantitative estimate of drug-likeness (QED) is 0.600. The standard InChI is InChI=1S/C15H34N2O3P/c1-11(2)16(12(3)4)15(9-10-21(18,19)20)17(13(5)6)14(7)8/h9,11-14,18-20H,10H2,1-8H3/q+1. The van der Waals surface area contributed by atoms with Crippen molar-refractivity contribution in [3.05, 3.63) is 11.9 Å². The summed E-state index contributed by atoms with van der Waals surface area (Å²) in [4.78, 5) is 32.5. The molecule has 21 heavy (non-hydrogen) atoms. The zero-order chi connectivity index (χ0) is 17.0. The average molecular weight is 321 g/mol. The zero-order valence-corrected chi connectivity index (χ0v) is 15.7. The van der Waals surface area contributed by atoms with Crippen molar-refractivity contribution in [3.8, 4) is 0 Å². The molecule has 0 aromatic rings. The van der Waals surface area contributed by atoms with Crippen LogP contribution in [0.1, 0.15) is 55.4 Å². The van der Waals surface area contributed by atoms with Crippen LogP contribution in [0.25, 0.3) is 0 Å². The Balaban J connectivity index is 5.74. The number of hydrogen-bond acceptors (Lipinski definition) is 5. The highest BCUT2D eigenvalue weighted by molar-refractivity contribution is 7.58. The van der Waals surface area contributed by atoms with Crippen molar-refractivity contribution in [2.24, 2.45) is 0 Å². The van der Waals surface area contributed by atoms with Gasteiger partial charge in [-0.25, -0.2) is 0 Å². The number of rotatable bonds is 8. The van der Waals surface area contributed by atoms with E-state index in [1.807, 2.05) is 0 Å². The maximum absolute atomic E-state index is 9.33. The third kappa shape index (κ3) is 6.96. The fourth-order valence-corrected chi connectivity index (χ4v) is 3.21. The summed E-state index contributed by atoms with van der Waals surface area (Å²) < 4.78 is 0. The molecule has 0 atom stereocenters. The van der Waals surface area contributed by atoms with E-state index in [9.17, 15) is 14.7 Å². The number of allylic oxidation sites excluding steroid dienone is 1. The maximum Gasteiger partial charge on any atom is 0.407 e. The first kappa shape index (κ1) is 20.6. The third-order valence-corrected chi connectivity index (χ3v) is 3.95. The molecule has 0 aliphatic rings. The summed E-state index contributed by atoms with van der Waals surface area (Å²) in [5.74, 6) is 0.950. The highest BCUT2D eigenvalue weighted by Crippen LogP contribution is 2.44. The first-order valence-electron chi connectivity index (χ1n) is 7.71. The molecular formula is C15H34N2O3P+. The molecule has 0 radical (unpaired) electrons. The Hall–Kier alpha value is -0.350. The second-order valence-electron chi connectivity index (χ2n) is 6.63. The van der Waals surface area contributed by atoms with Gasteiger partial charge in [0.2, 0.25) is 0 Å². The fourth-order valence-electron chi connectivity index (χ4n) is 2.80. The van der Waals surface area contributed by atoms with Crippen LogP contribution in [0.3, 0.4) is 0 Å². The van der Waals surface area contributed by atoms with E-state index in [1.165, 1.54) is 0 Å². The van der Waals surface area contributed by atoms with E-state index in [4.69, 9.17) is 0 Å². The van der Waals surface area contributed by atoms with Crippen molar-refractivity contribution >= 4 is 7.94 Å². The lowest BCUT2D eigenvalue weighted by Gasteiger charge is -2.44. The molecule has 0 aliphatic carbocycles. The Labute approximate surface area is 130 Å². The van der Waals surface area contributed by atoms with Crippen LogP contribution < -0.4 is 0 Å². The van der Waals surface area contributed by atoms with Gasteiger partial charge in [0.25, 0.3) is 0 Å². The van der Waals surface area contributed by atoms with E-state index in [0.29, 0.717) is 0 Å². The Bertz CT molecular complexity index is 298. The lowest BCUT2D eigenvalue weighted by molar-refractivity contribution is 0.107. The molecule has 0 saturated carbocycles. The topological polar surface area (TPSA) is 67.2 Å². The molecule has 0 saturated heterocycles. The monoisotopic (exact) mass is 321 g/mol. The van der Waals surface area contributed by atoms with Gasteiger partial charge in [-0.2, -0.15) is 14.7 Å². The van der Waals surface area contributed by atoms with Crippen LogP contribution in [-0.2, 0) is 0 Å². The van der Waals surface area contributed by atoms with Gasteiger partial charge >= 0.3 is 7.94 Å². The summed E-state index contributed by atoms with van der Waals surface area (Å²) in [6, 6.07) is 1.11. The smallest absolute Gasteiger partial charge is 0.354 e. The SMILES string of the molecule is CC(C)N(C(=CC[P+](O)(O)O)N(C(C)C)C(C)C)C(C)C. The summed E-state index contributed by atoms with van der Waals surface area (Å²) in [7, 11) is -3.80. The van der Waals surface area contributed by atoms with Gasteiger partial charge in [0.1, 0.15) is 5.82 Å². The summed E-state index contributed by atoms with van der Waals surface area (Å²) >= 11 is 0. The number of hydrogen-bond donors (Lipinski definition) is 3. The Kier molecular flexibility index (Phi) is 8.19. The highest BCUT2D eigenvalue weighted by Gasteiger charge is 2.31. The molecule has 0 bridgehead atoms. The summed E-state index contributed by atoms with van der Waals surface area (Å²) in [5.41, 5.74) is 0. The average Bonchev–Trinajstić information content (AvgIpc) is 2.22. The van der Waals surface area contributed by atoms with Crippen LogP contribution in [0.15, 0.2) is 11.9 Å². The second kappa shape index (κ2) is 8.33. The van der Waals surface area contributed by atoms with Crippen molar-refractivity contribution in [1.29, 1.82) is 0 Å². The first-order valence-corrected chi connectivity index (χ1v) is 9.54. The van der Waals surface area contributed by atoms with Gasteiger partial charge < -0.3 is 9.80 Å². The molecule has 3 N–H and O–H groups in total. The highest BCUT2D eigenvalue weighted by atomic mass is 31.2. The summed E-state index contributed by atoms with van der Waals surface area (Å²) in [5, 5.41) is 0. The second-order valence-corrected chi connectivity index (χ2v) is 8.38. The van der Waals surface area contributed by atoms with Gasteiger partial charge in [0, 0.05) is 30.2 Å². The van der Waals surface area contributed by atoms with E-state index in [-0.39, 0.29) is 30.3 Å². The van der Waals surface area contributed by atoms with Crippen molar-refractivity contribution < 1.29 is 14.7 Å². The van der Waals surface area contributed by atoms with Crippen molar-refractivity contribution in [1.82, 2.24) is 9.80 Å². The molecule has 0 spiro atoms. The minimum Gasteiger partial charge on any atom is -0.354 e. The molecule has 0 aliphatic heterocycles. The maximum atomic E-state index is 9.33. The van der Waals surface area contributed by atoms with Gasteiger partial charge in [-0.3, -0.25) is 0 Å². The van der Waals surface area contributed by atoms with E-state index < -0.39 is 7.94 Å². The van der Waals surface area contributed by atoms with Crippen LogP contribution in [0.5, 0.6) is 0 Å². The van der Waals surface area contributed by atoms with E-state index >= 15 is 0 Å². The van der Waals surface area contributed by atoms with Crippen LogP contribution in [0, 0.1) is 0 Å². The van der Waals surface area contributed by atoms with Gasteiger partial charge in [0.05, 0.1) is 0 Å². The van der Waals surface area contributed by atoms with E-state index in [0.717, 1.165) is 5.82 Å². The largest absolute Gasteiger partial charge is 0.407 e. The van der Waals surface area contributed by atoms with Crippen molar-refractivity contribution in [3.63, 3.8) is 0 Å². The number of nitrogens with zero attached hydrogens (tertiary/aromatic N) is 2. The van der Waals surface area contributed by atoms with E-state index in [2.05, 4.69) is 65.2 Å². The third-order valence-electron chi connectivity index (χ3n) is 3.27. The zero-order valence-electron chi connectivity index (χ0n) is 14.8. The van der Waals surface area contributed by atoms with Crippen LogP contribution in [-0.4, -0.2) is 54.8 Å². The minimum absolute atomic E-state index is 0.117. The van der Waals surface area contributed by atoms with Gasteiger partial charge in [-0.05, 0) is 55.4 Å². The lowest BCUT2D eigenvalue weighted by atomic mass is 10.1. The molecule has 0 aromatic carbocycles. The van der Waals surface area contributed by atoms with Gasteiger partial charge in [0.15, 0.2) is 6.16 Å². The van der Waals surface area contributed by atoms with Crippen LogP contribution in [0.4, 0.5) is 0 Å². The minimum atomic E-state index is -3.80. The molecule has 0 fully saturated rings. The van der Waals surface area contributed by atoms with Crippen LogP contribution >= 0.6 is 7.94 Å². The Morgan fingerprint density at radius 2 is 1.05 bits per heavy atom. The summed E-state index contributed by atoms with van der Waals surface area (Å²) in [6.45, 7) is 16.9. The predicted molar refractivity (Wildman–Crippen MR) is 90.7 cm³/mol. The Morgan fingerprint density at radius 1 is 0.762 bits per heavy atom. The first-order chi connectivity index (χ1) is 9.38. The van der Waals surface area contributed by atoms with E-state index in [1.54, 1.807) is 6.08 Å². The van der Waals surface area contributed by atoms with Crippen molar-refractivity contribution in [2.75, 3.05) is 6.16 Å². The normalized spacial score (nSPS) is 12.5. The molecule has 5 nitrogen and oxygen atoms in total. The molecule has 6 heteroatoms. The Morgan fingerprint density at radius 3 is 1.24 bits per heavy atom. The van der Waals surface area contributed by atoms with Gasteiger partial charge in [-0.15, -0.1) is 0 Å². The predicted octanol–water partition coefficient (Wildman–Crippen LogP) is 2.80. The molecule has 0 aromatic heterocycles.